The van der Waals surface area contributed by atoms with Crippen molar-refractivity contribution < 1.29 is 4.52 Å². The molecular formula is C18H27N5O. The third-order valence-electron chi connectivity index (χ3n) is 4.44. The normalized spacial score (nSPS) is 16.0. The monoisotopic (exact) mass is 329 g/mol. The van der Waals surface area contributed by atoms with Crippen LogP contribution in [0.4, 0.5) is 5.82 Å². The van der Waals surface area contributed by atoms with E-state index in [-0.39, 0.29) is 0 Å². The summed E-state index contributed by atoms with van der Waals surface area (Å²) in [6.45, 7) is 6.53. The third kappa shape index (κ3) is 5.03. The van der Waals surface area contributed by atoms with Gasteiger partial charge < -0.3 is 14.7 Å². The number of aryl methyl sites for hydroxylation is 1. The smallest absolute Gasteiger partial charge is 0.258 e. The number of rotatable bonds is 7. The molecule has 1 aliphatic rings. The van der Waals surface area contributed by atoms with Gasteiger partial charge in [-0.05, 0) is 64.4 Å². The predicted molar refractivity (Wildman–Crippen MR) is 94.9 cm³/mol. The molecule has 0 radical (unpaired) electrons. The van der Waals surface area contributed by atoms with Crippen LogP contribution < -0.4 is 5.32 Å². The van der Waals surface area contributed by atoms with E-state index < -0.39 is 0 Å². The second kappa shape index (κ2) is 8.78. The lowest BCUT2D eigenvalue weighted by Gasteiger charge is -2.19. The lowest BCUT2D eigenvalue weighted by atomic mass is 10.2. The summed E-state index contributed by atoms with van der Waals surface area (Å²) >= 11 is 0. The van der Waals surface area contributed by atoms with Gasteiger partial charge >= 0.3 is 0 Å². The molecule has 6 nitrogen and oxygen atoms in total. The Bertz CT molecular complexity index is 619. The first kappa shape index (κ1) is 16.9. The van der Waals surface area contributed by atoms with Gasteiger partial charge in [0.15, 0.2) is 5.82 Å². The van der Waals surface area contributed by atoms with Gasteiger partial charge in [-0.25, -0.2) is 4.98 Å². The minimum absolute atomic E-state index is 0.541. The summed E-state index contributed by atoms with van der Waals surface area (Å²) in [6, 6.07) is 3.85. The maximum Gasteiger partial charge on any atom is 0.258 e. The van der Waals surface area contributed by atoms with Crippen molar-refractivity contribution in [2.75, 3.05) is 31.5 Å². The summed E-state index contributed by atoms with van der Waals surface area (Å²) in [6.07, 6.45) is 9.69. The van der Waals surface area contributed by atoms with Crippen LogP contribution in [0.1, 0.15) is 44.3 Å². The molecule has 3 rings (SSSR count). The molecule has 0 amide bonds. The number of likely N-dealkylation sites (tertiary alicyclic amines) is 1. The lowest BCUT2D eigenvalue weighted by molar-refractivity contribution is 0.280. The molecule has 0 bridgehead atoms. The Morgan fingerprint density at radius 1 is 1.17 bits per heavy atom. The molecule has 1 saturated heterocycles. The predicted octanol–water partition coefficient (Wildman–Crippen LogP) is 3.51. The van der Waals surface area contributed by atoms with Crippen LogP contribution in [0.5, 0.6) is 0 Å². The Hall–Kier alpha value is -1.95. The van der Waals surface area contributed by atoms with Crippen LogP contribution in [0.15, 0.2) is 22.9 Å². The number of nitrogens with zero attached hydrogens (tertiary/aromatic N) is 4. The van der Waals surface area contributed by atoms with Crippen LogP contribution in [0, 0.1) is 6.92 Å². The Balaban J connectivity index is 1.40. The highest BCUT2D eigenvalue weighted by atomic mass is 16.5. The highest BCUT2D eigenvalue weighted by molar-refractivity contribution is 5.57. The number of aromatic nitrogens is 3. The zero-order chi connectivity index (χ0) is 16.6. The standard InChI is InChI=1S/C18H27N5O/c1-15-21-18(24-22-15)16-8-10-20-17(14-16)19-9-4-7-13-23-11-5-2-3-6-12-23/h8,10,14H,2-7,9,11-13H2,1H3,(H,19,20). The van der Waals surface area contributed by atoms with E-state index in [2.05, 4.69) is 25.3 Å². The van der Waals surface area contributed by atoms with Crippen molar-refractivity contribution in [2.45, 2.75) is 45.4 Å². The van der Waals surface area contributed by atoms with Gasteiger partial charge in [0.05, 0.1) is 0 Å². The van der Waals surface area contributed by atoms with Crippen LogP contribution in [-0.4, -0.2) is 46.2 Å². The molecule has 0 aromatic carbocycles. The van der Waals surface area contributed by atoms with E-state index in [9.17, 15) is 0 Å². The molecule has 0 unspecified atom stereocenters. The second-order valence-corrected chi connectivity index (χ2v) is 6.47. The molecule has 1 aliphatic heterocycles. The summed E-state index contributed by atoms with van der Waals surface area (Å²) in [5.41, 5.74) is 0.901. The van der Waals surface area contributed by atoms with Crippen LogP contribution >= 0.6 is 0 Å². The van der Waals surface area contributed by atoms with Crippen molar-refractivity contribution in [2.24, 2.45) is 0 Å². The van der Waals surface area contributed by atoms with Gasteiger partial charge in [-0.2, -0.15) is 4.98 Å². The fourth-order valence-corrected chi connectivity index (χ4v) is 3.11. The first-order chi connectivity index (χ1) is 11.8. The Morgan fingerprint density at radius 3 is 2.75 bits per heavy atom. The summed E-state index contributed by atoms with van der Waals surface area (Å²) in [4.78, 5) is 11.2. The second-order valence-electron chi connectivity index (χ2n) is 6.47. The van der Waals surface area contributed by atoms with E-state index >= 15 is 0 Å². The first-order valence-electron chi connectivity index (χ1n) is 9.04. The highest BCUT2D eigenvalue weighted by Gasteiger charge is 2.09. The Labute approximate surface area is 143 Å². The van der Waals surface area contributed by atoms with Crippen molar-refractivity contribution in [1.29, 1.82) is 0 Å². The molecule has 3 heterocycles. The zero-order valence-electron chi connectivity index (χ0n) is 14.5. The zero-order valence-corrected chi connectivity index (χ0v) is 14.5. The van der Waals surface area contributed by atoms with E-state index in [1.807, 2.05) is 19.1 Å². The maximum absolute atomic E-state index is 5.20. The number of unbranched alkanes of at least 4 members (excludes halogenated alkanes) is 1. The van der Waals surface area contributed by atoms with Crippen molar-refractivity contribution in [3.63, 3.8) is 0 Å². The molecule has 130 valence electrons. The summed E-state index contributed by atoms with van der Waals surface area (Å²) in [5, 5.41) is 7.22. The minimum atomic E-state index is 0.541. The van der Waals surface area contributed by atoms with Crippen molar-refractivity contribution >= 4 is 5.82 Å². The SMILES string of the molecule is Cc1noc(-c2ccnc(NCCCCN3CCCCCC3)c2)n1. The average Bonchev–Trinajstić information content (AvgIpc) is 2.87. The van der Waals surface area contributed by atoms with Crippen LogP contribution in [0.25, 0.3) is 11.5 Å². The summed E-state index contributed by atoms with van der Waals surface area (Å²) < 4.78 is 5.20. The third-order valence-corrected chi connectivity index (χ3v) is 4.44. The van der Waals surface area contributed by atoms with E-state index in [0.29, 0.717) is 11.7 Å². The molecule has 0 spiro atoms. The van der Waals surface area contributed by atoms with Crippen molar-refractivity contribution in [3.05, 3.63) is 24.2 Å². The number of nitrogens with one attached hydrogen (secondary N) is 1. The van der Waals surface area contributed by atoms with Crippen LogP contribution in [0.3, 0.4) is 0 Å². The first-order valence-corrected chi connectivity index (χ1v) is 9.04. The molecule has 1 N–H and O–H groups in total. The van der Waals surface area contributed by atoms with Gasteiger partial charge in [-0.3, -0.25) is 0 Å². The van der Waals surface area contributed by atoms with Crippen molar-refractivity contribution in [3.8, 4) is 11.5 Å². The molecule has 0 aliphatic carbocycles. The van der Waals surface area contributed by atoms with E-state index in [1.54, 1.807) is 6.20 Å². The highest BCUT2D eigenvalue weighted by Crippen LogP contribution is 2.19. The minimum Gasteiger partial charge on any atom is -0.370 e. The van der Waals surface area contributed by atoms with Crippen molar-refractivity contribution in [1.82, 2.24) is 20.0 Å². The molecule has 2 aromatic rings. The maximum atomic E-state index is 5.20. The number of hydrogen-bond donors (Lipinski definition) is 1. The average molecular weight is 329 g/mol. The topological polar surface area (TPSA) is 67.1 Å². The number of hydrogen-bond acceptors (Lipinski definition) is 6. The van der Waals surface area contributed by atoms with Gasteiger partial charge in [0.25, 0.3) is 5.89 Å². The molecular weight excluding hydrogens is 302 g/mol. The van der Waals surface area contributed by atoms with Gasteiger partial charge in [0, 0.05) is 18.3 Å². The fourth-order valence-electron chi connectivity index (χ4n) is 3.11. The number of pyridine rings is 1. The van der Waals surface area contributed by atoms with Gasteiger partial charge in [0.1, 0.15) is 5.82 Å². The molecule has 6 heteroatoms. The van der Waals surface area contributed by atoms with E-state index in [4.69, 9.17) is 4.52 Å². The van der Waals surface area contributed by atoms with Gasteiger partial charge in [0.2, 0.25) is 0 Å². The lowest BCUT2D eigenvalue weighted by Crippen LogP contribution is -2.26. The van der Waals surface area contributed by atoms with Gasteiger partial charge in [-0.1, -0.05) is 18.0 Å². The Morgan fingerprint density at radius 2 is 2.00 bits per heavy atom. The molecule has 2 aromatic heterocycles. The molecule has 0 atom stereocenters. The Kier molecular flexibility index (Phi) is 6.18. The fraction of sp³-hybridized carbons (Fsp3) is 0.611. The number of anilines is 1. The van der Waals surface area contributed by atoms with Crippen LogP contribution in [0.2, 0.25) is 0 Å². The molecule has 24 heavy (non-hydrogen) atoms. The summed E-state index contributed by atoms with van der Waals surface area (Å²) in [7, 11) is 0. The quantitative estimate of drug-likeness (QED) is 0.784. The van der Waals surface area contributed by atoms with E-state index in [1.165, 1.54) is 51.7 Å². The molecule has 1 fully saturated rings. The van der Waals surface area contributed by atoms with E-state index in [0.717, 1.165) is 24.3 Å². The van der Waals surface area contributed by atoms with Crippen LogP contribution in [-0.2, 0) is 0 Å². The molecule has 0 saturated carbocycles. The largest absolute Gasteiger partial charge is 0.370 e. The van der Waals surface area contributed by atoms with Gasteiger partial charge in [-0.15, -0.1) is 0 Å². The summed E-state index contributed by atoms with van der Waals surface area (Å²) in [5.74, 6) is 2.04.